The Kier molecular flexibility index (Phi) is 3.13. The second-order valence-corrected chi connectivity index (χ2v) is 7.14. The number of hydrogen-bond acceptors (Lipinski definition) is 4. The normalized spacial score (nSPS) is 29.1. The molecule has 1 aromatic carbocycles. The van der Waals surface area contributed by atoms with Crippen LogP contribution in [0.3, 0.4) is 0 Å². The van der Waals surface area contributed by atoms with Gasteiger partial charge >= 0.3 is 6.18 Å². The lowest BCUT2D eigenvalue weighted by Crippen LogP contribution is -2.33. The van der Waals surface area contributed by atoms with Crippen LogP contribution in [0, 0.1) is 5.41 Å². The van der Waals surface area contributed by atoms with Crippen LogP contribution in [-0.2, 0) is 5.41 Å². The highest BCUT2D eigenvalue weighted by atomic mass is 19.4. The molecule has 1 saturated carbocycles. The molecule has 2 aromatic rings. The standard InChI is InChI=1S/C17H18F3N3O/c1-10(2)11-3-5-12(6-4-11)13-22-14(24-23-13)15-7-16(15,9-21-8-15)17(18,19)20/h3-6,10,21H,7-9H2,1-2H3/t15-,16-/m1/s1. The highest BCUT2D eigenvalue weighted by molar-refractivity contribution is 5.55. The Morgan fingerprint density at radius 1 is 1.17 bits per heavy atom. The molecule has 0 spiro atoms. The van der Waals surface area contributed by atoms with Gasteiger partial charge in [0.2, 0.25) is 11.7 Å². The van der Waals surface area contributed by atoms with Gasteiger partial charge in [-0.05, 0) is 17.9 Å². The van der Waals surface area contributed by atoms with Crippen LogP contribution in [0.1, 0.15) is 37.6 Å². The summed E-state index contributed by atoms with van der Waals surface area (Å²) in [4.78, 5) is 4.29. The first kappa shape index (κ1) is 15.6. The fraction of sp³-hybridized carbons (Fsp3) is 0.529. The first-order valence-electron chi connectivity index (χ1n) is 8.01. The molecule has 0 bridgehead atoms. The average Bonchev–Trinajstić information content (AvgIpc) is 2.90. The molecule has 2 atom stereocenters. The van der Waals surface area contributed by atoms with Crippen LogP contribution in [0.5, 0.6) is 0 Å². The molecule has 128 valence electrons. The third-order valence-electron chi connectivity index (χ3n) is 5.46. The number of aromatic nitrogens is 2. The Labute approximate surface area is 137 Å². The fourth-order valence-electron chi connectivity index (χ4n) is 3.80. The third kappa shape index (κ3) is 1.97. The quantitative estimate of drug-likeness (QED) is 0.929. The molecule has 0 amide bonds. The molecule has 7 heteroatoms. The van der Waals surface area contributed by atoms with Crippen molar-refractivity contribution in [3.05, 3.63) is 35.7 Å². The number of alkyl halides is 3. The van der Waals surface area contributed by atoms with Crippen LogP contribution in [0.15, 0.2) is 28.8 Å². The summed E-state index contributed by atoms with van der Waals surface area (Å²) < 4.78 is 45.6. The van der Waals surface area contributed by atoms with Gasteiger partial charge in [-0.25, -0.2) is 0 Å². The van der Waals surface area contributed by atoms with E-state index in [1.54, 1.807) is 0 Å². The van der Waals surface area contributed by atoms with Crippen LogP contribution >= 0.6 is 0 Å². The van der Waals surface area contributed by atoms with Crippen molar-refractivity contribution in [3.63, 3.8) is 0 Å². The minimum atomic E-state index is -4.27. The summed E-state index contributed by atoms with van der Waals surface area (Å²) >= 11 is 0. The van der Waals surface area contributed by atoms with Crippen molar-refractivity contribution in [1.82, 2.24) is 15.5 Å². The molecule has 2 heterocycles. The number of fused-ring (bicyclic) bond motifs is 1. The van der Waals surface area contributed by atoms with Gasteiger partial charge in [0.15, 0.2) is 0 Å². The Balaban J connectivity index is 1.64. The molecule has 1 N–H and O–H groups in total. The lowest BCUT2D eigenvalue weighted by Gasteiger charge is -2.18. The molecule has 1 aliphatic heterocycles. The fourth-order valence-corrected chi connectivity index (χ4v) is 3.80. The summed E-state index contributed by atoms with van der Waals surface area (Å²) in [6, 6.07) is 7.70. The Hall–Kier alpha value is -1.89. The van der Waals surface area contributed by atoms with Crippen LogP contribution in [0.2, 0.25) is 0 Å². The van der Waals surface area contributed by atoms with Crippen molar-refractivity contribution in [2.24, 2.45) is 5.41 Å². The zero-order chi connectivity index (χ0) is 17.2. The van der Waals surface area contributed by atoms with E-state index < -0.39 is 17.0 Å². The molecule has 2 fully saturated rings. The summed E-state index contributed by atoms with van der Waals surface area (Å²) in [5.74, 6) is 0.833. The first-order valence-corrected chi connectivity index (χ1v) is 8.01. The maximum atomic E-state index is 13.4. The summed E-state index contributed by atoms with van der Waals surface area (Å²) in [6.45, 7) is 4.33. The number of halogens is 3. The van der Waals surface area contributed by atoms with Crippen molar-refractivity contribution in [3.8, 4) is 11.4 Å². The van der Waals surface area contributed by atoms with Gasteiger partial charge in [-0.15, -0.1) is 0 Å². The summed E-state index contributed by atoms with van der Waals surface area (Å²) in [5, 5.41) is 6.74. The SMILES string of the molecule is CC(C)c1ccc(-c2noc([C@@]34CNC[C@]3(C(F)(F)F)C4)n2)cc1. The van der Waals surface area contributed by atoms with E-state index in [2.05, 4.69) is 29.3 Å². The van der Waals surface area contributed by atoms with Crippen molar-refractivity contribution < 1.29 is 17.7 Å². The molecular weight excluding hydrogens is 319 g/mol. The topological polar surface area (TPSA) is 51.0 Å². The largest absolute Gasteiger partial charge is 0.396 e. The number of piperidine rings is 1. The van der Waals surface area contributed by atoms with Gasteiger partial charge in [0, 0.05) is 18.7 Å². The molecule has 4 nitrogen and oxygen atoms in total. The van der Waals surface area contributed by atoms with Crippen LogP contribution in [-0.4, -0.2) is 29.4 Å². The van der Waals surface area contributed by atoms with Gasteiger partial charge in [0.1, 0.15) is 0 Å². The lowest BCUT2D eigenvalue weighted by atomic mass is 9.95. The minimum Gasteiger partial charge on any atom is -0.338 e. The Morgan fingerprint density at radius 2 is 1.88 bits per heavy atom. The highest BCUT2D eigenvalue weighted by Crippen LogP contribution is 2.72. The van der Waals surface area contributed by atoms with Crippen molar-refractivity contribution in [1.29, 1.82) is 0 Å². The predicted molar refractivity (Wildman–Crippen MR) is 81.5 cm³/mol. The second kappa shape index (κ2) is 4.81. The molecule has 1 aromatic heterocycles. The first-order chi connectivity index (χ1) is 11.3. The Bertz CT molecular complexity index is 768. The number of hydrogen-bond donors (Lipinski definition) is 1. The Morgan fingerprint density at radius 3 is 2.46 bits per heavy atom. The minimum absolute atomic E-state index is 0.0183. The van der Waals surface area contributed by atoms with Gasteiger partial charge in [-0.2, -0.15) is 18.2 Å². The van der Waals surface area contributed by atoms with E-state index in [1.807, 2.05) is 24.3 Å². The van der Waals surface area contributed by atoms with E-state index in [-0.39, 0.29) is 25.4 Å². The van der Waals surface area contributed by atoms with Crippen LogP contribution in [0.25, 0.3) is 11.4 Å². The predicted octanol–water partition coefficient (Wildman–Crippen LogP) is 3.65. The molecule has 2 aliphatic rings. The maximum Gasteiger partial charge on any atom is 0.396 e. The molecule has 24 heavy (non-hydrogen) atoms. The van der Waals surface area contributed by atoms with Crippen molar-refractivity contribution >= 4 is 0 Å². The number of nitrogens with zero attached hydrogens (tertiary/aromatic N) is 2. The number of benzene rings is 1. The molecule has 0 radical (unpaired) electrons. The third-order valence-corrected chi connectivity index (χ3v) is 5.46. The number of rotatable bonds is 3. The van der Waals surface area contributed by atoms with Gasteiger partial charge < -0.3 is 9.84 Å². The molecule has 4 rings (SSSR count). The zero-order valence-corrected chi connectivity index (χ0v) is 13.4. The summed E-state index contributed by atoms with van der Waals surface area (Å²) in [7, 11) is 0. The van der Waals surface area contributed by atoms with Crippen LogP contribution in [0.4, 0.5) is 13.2 Å². The van der Waals surface area contributed by atoms with Crippen LogP contribution < -0.4 is 5.32 Å². The summed E-state index contributed by atoms with van der Waals surface area (Å²) in [5.41, 5.74) is -0.936. The molecular formula is C17H18F3N3O. The average molecular weight is 337 g/mol. The van der Waals surface area contributed by atoms with Gasteiger partial charge in [-0.3, -0.25) is 0 Å². The van der Waals surface area contributed by atoms with Crippen molar-refractivity contribution in [2.45, 2.75) is 37.8 Å². The van der Waals surface area contributed by atoms with E-state index >= 15 is 0 Å². The van der Waals surface area contributed by atoms with E-state index in [0.717, 1.165) is 5.56 Å². The monoisotopic (exact) mass is 337 g/mol. The van der Waals surface area contributed by atoms with Gasteiger partial charge in [-0.1, -0.05) is 43.3 Å². The second-order valence-electron chi connectivity index (χ2n) is 7.14. The molecule has 1 saturated heterocycles. The molecule has 0 unspecified atom stereocenters. The lowest BCUT2D eigenvalue weighted by molar-refractivity contribution is -0.187. The van der Waals surface area contributed by atoms with Gasteiger partial charge in [0.05, 0.1) is 10.8 Å². The van der Waals surface area contributed by atoms with E-state index in [9.17, 15) is 13.2 Å². The van der Waals surface area contributed by atoms with E-state index in [1.165, 1.54) is 5.56 Å². The highest BCUT2D eigenvalue weighted by Gasteiger charge is 2.84. The van der Waals surface area contributed by atoms with Gasteiger partial charge in [0.25, 0.3) is 0 Å². The van der Waals surface area contributed by atoms with E-state index in [0.29, 0.717) is 11.7 Å². The van der Waals surface area contributed by atoms with E-state index in [4.69, 9.17) is 4.52 Å². The summed E-state index contributed by atoms with van der Waals surface area (Å²) in [6.07, 6.45) is -4.26. The van der Waals surface area contributed by atoms with Crippen molar-refractivity contribution in [2.75, 3.05) is 13.1 Å². The smallest absolute Gasteiger partial charge is 0.338 e. The molecule has 1 aliphatic carbocycles. The zero-order valence-electron chi connectivity index (χ0n) is 13.4. The number of nitrogens with one attached hydrogen (secondary N) is 1. The maximum absolute atomic E-state index is 13.4.